The molecule has 0 amide bonds. The van der Waals surface area contributed by atoms with Crippen LogP contribution in [0.1, 0.15) is 216 Å². The van der Waals surface area contributed by atoms with Crippen molar-refractivity contribution in [2.75, 3.05) is 13.1 Å². The summed E-state index contributed by atoms with van der Waals surface area (Å²) in [6.07, 6.45) is 11.5. The lowest BCUT2D eigenvalue weighted by Gasteiger charge is -2.41. The highest BCUT2D eigenvalue weighted by molar-refractivity contribution is 5.05. The van der Waals surface area contributed by atoms with Crippen LogP contribution in [0.15, 0.2) is 36.7 Å². The third kappa shape index (κ3) is 30.0. The minimum Gasteiger partial charge on any atom is -0.389 e. The van der Waals surface area contributed by atoms with Gasteiger partial charge in [-0.25, -0.2) is 0 Å². The molecule has 2 unspecified atom stereocenters. The fourth-order valence-corrected chi connectivity index (χ4v) is 7.01. The van der Waals surface area contributed by atoms with E-state index in [1.165, 1.54) is 19.3 Å². The zero-order chi connectivity index (χ0) is 44.3. The molecule has 0 fully saturated rings. The lowest BCUT2D eigenvalue weighted by atomic mass is 9.70. The monoisotopic (exact) mass is 773 g/mol. The number of allylic oxidation sites excluding steroid dienone is 3. The summed E-state index contributed by atoms with van der Waals surface area (Å²) in [6.45, 7) is 60.7. The number of hydrogen-bond acceptors (Lipinski definition) is 5. The SMILES string of the molecule is C=C(CCC(C)(C#N)CC)NCCC(C)(C)CCC(C)(C)CC(C)(C)C.C=C(NCCC(C)(C)CCC(C)(C)OC(C)(N)CC(C)(C)C(=C)C)C(C)C.CC. The smallest absolute Gasteiger partial charge is 0.115 e. The molecular weight excluding hydrogens is 673 g/mol. The topological polar surface area (TPSA) is 83.1 Å². The fourth-order valence-electron chi connectivity index (χ4n) is 7.01. The number of rotatable bonds is 25. The Morgan fingerprint density at radius 1 is 0.673 bits per heavy atom. The van der Waals surface area contributed by atoms with E-state index in [1.807, 2.05) is 27.7 Å². The predicted molar refractivity (Wildman–Crippen MR) is 248 cm³/mol. The molecule has 0 bridgehead atoms. The Morgan fingerprint density at radius 3 is 1.51 bits per heavy atom. The summed E-state index contributed by atoms with van der Waals surface area (Å²) in [5, 5.41) is 16.2. The molecule has 0 aliphatic heterocycles. The van der Waals surface area contributed by atoms with Crippen LogP contribution in [0.25, 0.3) is 0 Å². The first-order valence-electron chi connectivity index (χ1n) is 21.9. The van der Waals surface area contributed by atoms with Gasteiger partial charge in [-0.2, -0.15) is 5.26 Å². The van der Waals surface area contributed by atoms with Gasteiger partial charge in [-0.3, -0.25) is 0 Å². The van der Waals surface area contributed by atoms with Crippen molar-refractivity contribution in [3.8, 4) is 6.07 Å². The van der Waals surface area contributed by atoms with Gasteiger partial charge in [0.05, 0.1) is 17.1 Å². The molecule has 0 spiro atoms. The van der Waals surface area contributed by atoms with Crippen LogP contribution in [-0.4, -0.2) is 24.4 Å². The number of nitriles is 1. The van der Waals surface area contributed by atoms with Crippen LogP contribution in [-0.2, 0) is 4.74 Å². The van der Waals surface area contributed by atoms with Crippen LogP contribution in [0.5, 0.6) is 0 Å². The minimum atomic E-state index is -0.674. The van der Waals surface area contributed by atoms with Gasteiger partial charge >= 0.3 is 0 Å². The van der Waals surface area contributed by atoms with Gasteiger partial charge in [-0.15, -0.1) is 0 Å². The van der Waals surface area contributed by atoms with E-state index < -0.39 is 5.72 Å². The number of nitrogens with zero attached hydrogens (tertiary/aromatic N) is 1. The zero-order valence-corrected chi connectivity index (χ0v) is 41.3. The van der Waals surface area contributed by atoms with E-state index in [0.717, 1.165) is 81.4 Å². The van der Waals surface area contributed by atoms with Crippen LogP contribution in [0.4, 0.5) is 0 Å². The lowest BCUT2D eigenvalue weighted by Crippen LogP contribution is -2.49. The second-order valence-corrected chi connectivity index (χ2v) is 22.4. The molecule has 0 aliphatic rings. The highest BCUT2D eigenvalue weighted by Gasteiger charge is 2.36. The highest BCUT2D eigenvalue weighted by atomic mass is 16.5. The summed E-state index contributed by atoms with van der Waals surface area (Å²) in [5.74, 6) is 0.478. The summed E-state index contributed by atoms with van der Waals surface area (Å²) in [4.78, 5) is 0. The Morgan fingerprint density at radius 2 is 1.11 bits per heavy atom. The minimum absolute atomic E-state index is 0.0384. The first-order valence-corrected chi connectivity index (χ1v) is 21.9. The maximum Gasteiger partial charge on any atom is 0.115 e. The van der Waals surface area contributed by atoms with Crippen LogP contribution in [0.2, 0.25) is 0 Å². The van der Waals surface area contributed by atoms with Crippen molar-refractivity contribution in [3.05, 3.63) is 36.7 Å². The van der Waals surface area contributed by atoms with E-state index in [4.69, 9.17) is 10.5 Å². The first-order chi connectivity index (χ1) is 24.5. The third-order valence-corrected chi connectivity index (χ3v) is 11.4. The zero-order valence-electron chi connectivity index (χ0n) is 41.3. The Balaban J connectivity index is -0.000000941. The van der Waals surface area contributed by atoms with Crippen LogP contribution in [0, 0.1) is 49.7 Å². The molecule has 0 aromatic carbocycles. The number of ether oxygens (including phenoxy) is 1. The lowest BCUT2D eigenvalue weighted by molar-refractivity contribution is -0.147. The number of hydrogen-bond donors (Lipinski definition) is 3. The maximum atomic E-state index is 9.28. The molecule has 326 valence electrons. The molecule has 5 heteroatoms. The van der Waals surface area contributed by atoms with E-state index in [2.05, 4.69) is 154 Å². The van der Waals surface area contributed by atoms with E-state index in [-0.39, 0.29) is 21.8 Å². The van der Waals surface area contributed by atoms with Crippen molar-refractivity contribution >= 4 is 0 Å². The van der Waals surface area contributed by atoms with E-state index in [9.17, 15) is 5.26 Å². The molecule has 0 saturated heterocycles. The predicted octanol–water partition coefficient (Wildman–Crippen LogP) is 14.9. The molecule has 0 saturated carbocycles. The van der Waals surface area contributed by atoms with Crippen LogP contribution < -0.4 is 16.4 Å². The van der Waals surface area contributed by atoms with E-state index in [0.29, 0.717) is 22.2 Å². The maximum absolute atomic E-state index is 9.28. The Hall–Kier alpha value is -1.77. The Kier molecular flexibility index (Phi) is 25.3. The van der Waals surface area contributed by atoms with Gasteiger partial charge in [0, 0.05) is 24.5 Å². The van der Waals surface area contributed by atoms with Gasteiger partial charge in [0.2, 0.25) is 0 Å². The van der Waals surface area contributed by atoms with Crippen molar-refractivity contribution < 1.29 is 4.74 Å². The Labute approximate surface area is 347 Å². The second kappa shape index (κ2) is 24.2. The fraction of sp³-hybridized carbons (Fsp3) is 0.860. The van der Waals surface area contributed by atoms with Crippen molar-refractivity contribution in [1.29, 1.82) is 5.26 Å². The molecule has 0 aromatic rings. The molecule has 0 heterocycles. The quantitative estimate of drug-likeness (QED) is 0.0636. The second-order valence-electron chi connectivity index (χ2n) is 22.4. The number of nitrogens with two attached hydrogens (primary N) is 1. The van der Waals surface area contributed by atoms with Crippen molar-refractivity contribution in [2.24, 2.45) is 44.1 Å². The Bertz CT molecular complexity index is 1160. The number of nitrogens with one attached hydrogen (secondary N) is 2. The summed E-state index contributed by atoms with van der Waals surface area (Å²) in [6, 6.07) is 2.44. The molecule has 55 heavy (non-hydrogen) atoms. The third-order valence-electron chi connectivity index (χ3n) is 11.4. The molecule has 4 N–H and O–H groups in total. The van der Waals surface area contributed by atoms with E-state index in [1.54, 1.807) is 0 Å². The first kappa shape index (κ1) is 57.6. The van der Waals surface area contributed by atoms with E-state index >= 15 is 0 Å². The summed E-state index contributed by atoms with van der Waals surface area (Å²) < 4.78 is 6.39. The van der Waals surface area contributed by atoms with Crippen LogP contribution >= 0.6 is 0 Å². The average Bonchev–Trinajstić information content (AvgIpc) is 3.01. The van der Waals surface area contributed by atoms with Crippen molar-refractivity contribution in [2.45, 2.75) is 227 Å². The average molecular weight is 773 g/mol. The molecule has 2 atom stereocenters. The molecule has 0 rings (SSSR count). The summed E-state index contributed by atoms with van der Waals surface area (Å²) >= 11 is 0. The van der Waals surface area contributed by atoms with Crippen LogP contribution in [0.3, 0.4) is 0 Å². The molecule has 0 aliphatic carbocycles. The molecular formula is C50H100N4O. The van der Waals surface area contributed by atoms with Gasteiger partial charge in [-0.05, 0) is 138 Å². The van der Waals surface area contributed by atoms with Crippen molar-refractivity contribution in [1.82, 2.24) is 10.6 Å². The summed E-state index contributed by atoms with van der Waals surface area (Å²) in [7, 11) is 0. The van der Waals surface area contributed by atoms with Gasteiger partial charge in [0.15, 0.2) is 0 Å². The van der Waals surface area contributed by atoms with Gasteiger partial charge < -0.3 is 21.1 Å². The standard InChI is InChI=1S/C24H48N2O.C24H46N2.C2H6/c1-18(2)20(5)26-16-15-21(6,7)13-14-23(10,11)27-24(12,25)17-22(8,9)19(3)4;1-11-24(10,19-25)13-12-20(2)26-17-16-22(6,7)14-15-23(8,9)18-21(3,4)5;1-2/h18,26H,3,5,13-17,25H2,1-2,4,6-12H3;26H,2,11-18H2,1,3-10H3;1-2H3. The highest BCUT2D eigenvalue weighted by Crippen LogP contribution is 2.41. The normalized spacial score (nSPS) is 14.9. The van der Waals surface area contributed by atoms with Gasteiger partial charge in [0.1, 0.15) is 5.72 Å². The van der Waals surface area contributed by atoms with Gasteiger partial charge in [0.25, 0.3) is 0 Å². The molecule has 5 nitrogen and oxygen atoms in total. The van der Waals surface area contributed by atoms with Gasteiger partial charge in [-0.1, -0.05) is 136 Å². The molecule has 0 aromatic heterocycles. The molecule has 0 radical (unpaired) electrons. The largest absolute Gasteiger partial charge is 0.389 e. The van der Waals surface area contributed by atoms with Crippen molar-refractivity contribution in [3.63, 3.8) is 0 Å². The summed E-state index contributed by atoms with van der Waals surface area (Å²) in [5.41, 5.74) is 10.0.